The molecule has 0 aromatic carbocycles. The number of aromatic nitrogens is 2. The van der Waals surface area contributed by atoms with E-state index in [0.717, 1.165) is 18.3 Å². The molecule has 3 heteroatoms. The summed E-state index contributed by atoms with van der Waals surface area (Å²) in [6.07, 6.45) is 5.62. The molecule has 3 nitrogen and oxygen atoms in total. The van der Waals surface area contributed by atoms with Crippen molar-refractivity contribution in [1.82, 2.24) is 14.9 Å². The molecule has 2 unspecified atom stereocenters. The minimum absolute atomic E-state index is 0.441. The van der Waals surface area contributed by atoms with Crippen LogP contribution in [0.2, 0.25) is 0 Å². The molecule has 0 fully saturated rings. The van der Waals surface area contributed by atoms with Crippen molar-refractivity contribution in [2.75, 3.05) is 6.54 Å². The van der Waals surface area contributed by atoms with Crippen molar-refractivity contribution in [2.24, 2.45) is 13.0 Å². The van der Waals surface area contributed by atoms with Crippen molar-refractivity contribution in [1.29, 1.82) is 0 Å². The van der Waals surface area contributed by atoms with Crippen LogP contribution >= 0.6 is 0 Å². The van der Waals surface area contributed by atoms with Crippen molar-refractivity contribution in [2.45, 2.75) is 53.0 Å². The first kappa shape index (κ1) is 14.2. The summed E-state index contributed by atoms with van der Waals surface area (Å²) in [4.78, 5) is 4.40. The summed E-state index contributed by atoms with van der Waals surface area (Å²) < 4.78 is 2.20. The average molecular weight is 237 g/mol. The number of hydrogen-bond donors (Lipinski definition) is 1. The molecule has 0 amide bonds. The standard InChI is InChI=1S/C14H27N3/c1-6-8-15-13(9-11(3)7-2)14-10-16-12(4)17(14)5/h10-11,13,15H,6-9H2,1-5H3. The molecule has 1 aromatic rings. The second kappa shape index (κ2) is 6.80. The zero-order valence-electron chi connectivity index (χ0n) is 12.0. The summed E-state index contributed by atoms with van der Waals surface area (Å²) in [6, 6.07) is 0.441. The summed E-state index contributed by atoms with van der Waals surface area (Å²) in [5.41, 5.74) is 1.32. The maximum absolute atomic E-state index is 4.40. The van der Waals surface area contributed by atoms with Crippen LogP contribution in [0, 0.1) is 12.8 Å². The van der Waals surface area contributed by atoms with Gasteiger partial charge in [-0.05, 0) is 32.2 Å². The lowest BCUT2D eigenvalue weighted by molar-refractivity contribution is 0.390. The Hall–Kier alpha value is -0.830. The minimum Gasteiger partial charge on any atom is -0.334 e. The third kappa shape index (κ3) is 3.84. The van der Waals surface area contributed by atoms with Crippen molar-refractivity contribution in [3.63, 3.8) is 0 Å². The fraction of sp³-hybridized carbons (Fsp3) is 0.786. The van der Waals surface area contributed by atoms with E-state index in [1.807, 2.05) is 6.20 Å². The largest absolute Gasteiger partial charge is 0.334 e. The van der Waals surface area contributed by atoms with Gasteiger partial charge in [-0.15, -0.1) is 0 Å². The Bertz CT molecular complexity index is 330. The molecule has 1 aromatic heterocycles. The topological polar surface area (TPSA) is 29.9 Å². The Morgan fingerprint density at radius 2 is 2.12 bits per heavy atom. The highest BCUT2D eigenvalue weighted by Gasteiger charge is 2.17. The molecule has 0 aliphatic carbocycles. The van der Waals surface area contributed by atoms with E-state index in [-0.39, 0.29) is 0 Å². The lowest BCUT2D eigenvalue weighted by Gasteiger charge is -2.22. The first-order chi connectivity index (χ1) is 8.10. The number of hydrogen-bond acceptors (Lipinski definition) is 2. The molecule has 0 bridgehead atoms. The van der Waals surface area contributed by atoms with Crippen LogP contribution in [0.5, 0.6) is 0 Å². The second-order valence-electron chi connectivity index (χ2n) is 5.05. The number of aryl methyl sites for hydroxylation is 1. The fourth-order valence-electron chi connectivity index (χ4n) is 2.04. The molecule has 0 radical (unpaired) electrons. The van der Waals surface area contributed by atoms with Crippen LogP contribution in [0.1, 0.15) is 57.6 Å². The van der Waals surface area contributed by atoms with Gasteiger partial charge in [-0.1, -0.05) is 27.2 Å². The summed E-state index contributed by atoms with van der Waals surface area (Å²) in [6.45, 7) is 9.93. The lowest BCUT2D eigenvalue weighted by atomic mass is 9.97. The van der Waals surface area contributed by atoms with Gasteiger partial charge in [0.25, 0.3) is 0 Å². The van der Waals surface area contributed by atoms with Crippen LogP contribution in [-0.4, -0.2) is 16.1 Å². The van der Waals surface area contributed by atoms with Crippen molar-refractivity contribution in [3.05, 3.63) is 17.7 Å². The third-order valence-corrected chi connectivity index (χ3v) is 3.59. The molecule has 2 atom stereocenters. The van der Waals surface area contributed by atoms with E-state index in [9.17, 15) is 0 Å². The van der Waals surface area contributed by atoms with Crippen molar-refractivity contribution >= 4 is 0 Å². The zero-order valence-corrected chi connectivity index (χ0v) is 12.0. The maximum Gasteiger partial charge on any atom is 0.105 e. The molecule has 17 heavy (non-hydrogen) atoms. The molecule has 0 aliphatic heterocycles. The Morgan fingerprint density at radius 1 is 1.41 bits per heavy atom. The van der Waals surface area contributed by atoms with Gasteiger partial charge in [0.2, 0.25) is 0 Å². The van der Waals surface area contributed by atoms with Gasteiger partial charge >= 0.3 is 0 Å². The van der Waals surface area contributed by atoms with Crippen LogP contribution < -0.4 is 5.32 Å². The van der Waals surface area contributed by atoms with Crippen molar-refractivity contribution < 1.29 is 0 Å². The van der Waals surface area contributed by atoms with E-state index in [1.165, 1.54) is 25.0 Å². The predicted octanol–water partition coefficient (Wildman–Crippen LogP) is 3.21. The van der Waals surface area contributed by atoms with Gasteiger partial charge in [0.15, 0.2) is 0 Å². The highest BCUT2D eigenvalue weighted by atomic mass is 15.1. The minimum atomic E-state index is 0.441. The lowest BCUT2D eigenvalue weighted by Crippen LogP contribution is -2.25. The van der Waals surface area contributed by atoms with Crippen LogP contribution in [0.15, 0.2) is 6.20 Å². The van der Waals surface area contributed by atoms with Crippen LogP contribution in [-0.2, 0) is 7.05 Å². The smallest absolute Gasteiger partial charge is 0.105 e. The van der Waals surface area contributed by atoms with E-state index in [1.54, 1.807) is 0 Å². The first-order valence-electron chi connectivity index (χ1n) is 6.81. The van der Waals surface area contributed by atoms with Gasteiger partial charge < -0.3 is 9.88 Å². The quantitative estimate of drug-likeness (QED) is 0.789. The number of nitrogens with zero attached hydrogens (tertiary/aromatic N) is 2. The van der Waals surface area contributed by atoms with Gasteiger partial charge in [0.05, 0.1) is 11.9 Å². The molecule has 1 heterocycles. The number of nitrogens with one attached hydrogen (secondary N) is 1. The average Bonchev–Trinajstić information content (AvgIpc) is 2.65. The van der Waals surface area contributed by atoms with E-state index < -0.39 is 0 Å². The Morgan fingerprint density at radius 3 is 2.59 bits per heavy atom. The first-order valence-corrected chi connectivity index (χ1v) is 6.81. The Kier molecular flexibility index (Phi) is 5.69. The summed E-state index contributed by atoms with van der Waals surface area (Å²) >= 11 is 0. The van der Waals surface area contributed by atoms with E-state index in [0.29, 0.717) is 6.04 Å². The highest BCUT2D eigenvalue weighted by Crippen LogP contribution is 2.23. The number of imidazole rings is 1. The normalized spacial score (nSPS) is 14.9. The third-order valence-electron chi connectivity index (χ3n) is 3.59. The molecule has 98 valence electrons. The summed E-state index contributed by atoms with van der Waals surface area (Å²) in [5.74, 6) is 1.84. The van der Waals surface area contributed by atoms with Gasteiger partial charge in [-0.3, -0.25) is 0 Å². The molecule has 0 spiro atoms. The molecule has 0 saturated carbocycles. The fourth-order valence-corrected chi connectivity index (χ4v) is 2.04. The van der Waals surface area contributed by atoms with Crippen LogP contribution in [0.25, 0.3) is 0 Å². The molecule has 1 rings (SSSR count). The number of rotatable bonds is 7. The molecule has 0 aliphatic rings. The Balaban J connectivity index is 2.78. The van der Waals surface area contributed by atoms with E-state index in [2.05, 4.69) is 49.6 Å². The van der Waals surface area contributed by atoms with Gasteiger partial charge in [0, 0.05) is 13.1 Å². The zero-order chi connectivity index (χ0) is 12.8. The monoisotopic (exact) mass is 237 g/mol. The van der Waals surface area contributed by atoms with Gasteiger partial charge in [-0.2, -0.15) is 0 Å². The molecule has 0 saturated heterocycles. The predicted molar refractivity (Wildman–Crippen MR) is 73.1 cm³/mol. The van der Waals surface area contributed by atoms with E-state index in [4.69, 9.17) is 0 Å². The molecule has 1 N–H and O–H groups in total. The highest BCUT2D eigenvalue weighted by molar-refractivity contribution is 5.09. The van der Waals surface area contributed by atoms with Crippen molar-refractivity contribution in [3.8, 4) is 0 Å². The van der Waals surface area contributed by atoms with Crippen LogP contribution in [0.3, 0.4) is 0 Å². The van der Waals surface area contributed by atoms with Gasteiger partial charge in [-0.25, -0.2) is 4.98 Å². The second-order valence-corrected chi connectivity index (χ2v) is 5.05. The molecular weight excluding hydrogens is 210 g/mol. The summed E-state index contributed by atoms with van der Waals surface area (Å²) in [5, 5.41) is 3.64. The summed E-state index contributed by atoms with van der Waals surface area (Å²) in [7, 11) is 2.11. The SMILES string of the molecule is CCCNC(CC(C)CC)c1cnc(C)n1C. The maximum atomic E-state index is 4.40. The Labute approximate surface area is 106 Å². The van der Waals surface area contributed by atoms with Crippen LogP contribution in [0.4, 0.5) is 0 Å². The van der Waals surface area contributed by atoms with E-state index >= 15 is 0 Å². The van der Waals surface area contributed by atoms with Gasteiger partial charge in [0.1, 0.15) is 5.82 Å². The molecular formula is C14H27N3.